The van der Waals surface area contributed by atoms with Crippen molar-refractivity contribution in [3.8, 4) is 11.5 Å². The second-order valence-electron chi connectivity index (χ2n) is 8.17. The van der Waals surface area contributed by atoms with Crippen molar-refractivity contribution in [2.24, 2.45) is 11.8 Å². The van der Waals surface area contributed by atoms with Crippen LogP contribution in [0.1, 0.15) is 23.6 Å². The van der Waals surface area contributed by atoms with Crippen LogP contribution in [-0.4, -0.2) is 51.7 Å². The number of rotatable bonds is 6. The highest BCUT2D eigenvalue weighted by molar-refractivity contribution is 6.24. The van der Waals surface area contributed by atoms with Gasteiger partial charge in [-0.2, -0.15) is 0 Å². The first-order valence-corrected chi connectivity index (χ1v) is 10.2. The Labute approximate surface area is 188 Å². The molecule has 4 atom stereocenters. The Bertz CT molecular complexity index is 1180. The van der Waals surface area contributed by atoms with E-state index in [-0.39, 0.29) is 17.1 Å². The number of aryl methyl sites for hydroxylation is 1. The van der Waals surface area contributed by atoms with Crippen molar-refractivity contribution >= 4 is 29.4 Å². The van der Waals surface area contributed by atoms with Gasteiger partial charge in [-0.25, -0.2) is 4.90 Å². The van der Waals surface area contributed by atoms with Crippen molar-refractivity contribution in [3.05, 3.63) is 53.6 Å². The molecule has 2 aliphatic heterocycles. The molecule has 4 unspecified atom stereocenters. The lowest BCUT2D eigenvalue weighted by Gasteiger charge is -2.30. The maximum Gasteiger partial charge on any atom is 0.325 e. The van der Waals surface area contributed by atoms with Crippen LogP contribution >= 0.6 is 0 Å². The van der Waals surface area contributed by atoms with Gasteiger partial charge in [-0.1, -0.05) is 30.3 Å². The van der Waals surface area contributed by atoms with Crippen molar-refractivity contribution < 1.29 is 39.2 Å². The van der Waals surface area contributed by atoms with Gasteiger partial charge >= 0.3 is 11.9 Å². The maximum atomic E-state index is 13.6. The Morgan fingerprint density at radius 1 is 1.09 bits per heavy atom. The number of hydrogen-bond acceptors (Lipinski definition) is 7. The molecule has 2 fully saturated rings. The van der Waals surface area contributed by atoms with E-state index in [1.165, 1.54) is 19.2 Å². The number of carboxylic acid groups (broad SMARTS) is 2. The van der Waals surface area contributed by atoms with E-state index in [9.17, 15) is 34.5 Å². The number of phenolic OH excluding ortho intramolecular Hbond substituents is 1. The van der Waals surface area contributed by atoms with E-state index in [0.29, 0.717) is 11.3 Å². The van der Waals surface area contributed by atoms with Gasteiger partial charge in [0.1, 0.15) is 5.54 Å². The number of aliphatic carboxylic acids is 2. The molecule has 2 aromatic carbocycles. The molecule has 4 N–H and O–H groups in total. The molecule has 10 nitrogen and oxygen atoms in total. The average Bonchev–Trinajstić information content (AvgIpc) is 3.23. The van der Waals surface area contributed by atoms with E-state index in [4.69, 9.17) is 4.74 Å². The Morgan fingerprint density at radius 2 is 1.79 bits per heavy atom. The van der Waals surface area contributed by atoms with Crippen LogP contribution in [0.4, 0.5) is 5.69 Å². The highest BCUT2D eigenvalue weighted by Gasteiger charge is 2.69. The van der Waals surface area contributed by atoms with E-state index < -0.39 is 53.6 Å². The highest BCUT2D eigenvalue weighted by atomic mass is 16.5. The number of nitrogens with one attached hydrogen (secondary N) is 1. The monoisotopic (exact) mass is 454 g/mol. The SMILES string of the molecule is COc1cccc(C2NC(CC(=O)O)(C(=O)O)C3C(=O)N(c4ccccc4C)C(=O)C23)c1O. The number of hydrogen-bond donors (Lipinski definition) is 4. The number of methoxy groups -OCH3 is 1. The number of carbonyl (C=O) groups excluding carboxylic acids is 2. The number of anilines is 1. The largest absolute Gasteiger partial charge is 0.504 e. The molecule has 0 saturated carbocycles. The number of imide groups is 1. The van der Waals surface area contributed by atoms with E-state index in [2.05, 4.69) is 5.32 Å². The summed E-state index contributed by atoms with van der Waals surface area (Å²) in [4.78, 5) is 52.2. The van der Waals surface area contributed by atoms with Crippen LogP contribution in [0.3, 0.4) is 0 Å². The lowest BCUT2D eigenvalue weighted by atomic mass is 9.77. The minimum absolute atomic E-state index is 0.0874. The molecule has 2 amide bonds. The molecule has 0 radical (unpaired) electrons. The zero-order valence-corrected chi connectivity index (χ0v) is 17.8. The molecule has 4 rings (SSSR count). The lowest BCUT2D eigenvalue weighted by Crippen LogP contribution is -2.57. The van der Waals surface area contributed by atoms with E-state index >= 15 is 0 Å². The second kappa shape index (κ2) is 7.89. The summed E-state index contributed by atoms with van der Waals surface area (Å²) in [7, 11) is 1.33. The zero-order chi connectivity index (χ0) is 24.1. The topological polar surface area (TPSA) is 153 Å². The molecule has 2 aliphatic rings. The fourth-order valence-corrected chi connectivity index (χ4v) is 4.95. The van der Waals surface area contributed by atoms with Crippen LogP contribution in [0.2, 0.25) is 0 Å². The number of fused-ring (bicyclic) bond motifs is 1. The third-order valence-corrected chi connectivity index (χ3v) is 6.41. The number of carboxylic acids is 2. The third-order valence-electron chi connectivity index (χ3n) is 6.41. The summed E-state index contributed by atoms with van der Waals surface area (Å²) in [5, 5.41) is 33.0. The quantitative estimate of drug-likeness (QED) is 0.475. The average molecular weight is 454 g/mol. The van der Waals surface area contributed by atoms with Crippen molar-refractivity contribution in [1.29, 1.82) is 0 Å². The molecule has 2 heterocycles. The van der Waals surface area contributed by atoms with Gasteiger partial charge in [0.25, 0.3) is 0 Å². The Kier molecular flexibility index (Phi) is 5.33. The summed E-state index contributed by atoms with van der Waals surface area (Å²) in [5.74, 6) is -7.51. The molecular formula is C23H22N2O8. The molecule has 2 aromatic rings. The minimum Gasteiger partial charge on any atom is -0.504 e. The van der Waals surface area contributed by atoms with Gasteiger partial charge in [-0.3, -0.25) is 24.5 Å². The van der Waals surface area contributed by atoms with Crippen LogP contribution in [0.15, 0.2) is 42.5 Å². The first-order chi connectivity index (χ1) is 15.6. The van der Waals surface area contributed by atoms with Gasteiger partial charge in [0.05, 0.1) is 31.1 Å². The Morgan fingerprint density at radius 3 is 2.39 bits per heavy atom. The van der Waals surface area contributed by atoms with Gasteiger partial charge in [0.15, 0.2) is 11.5 Å². The van der Waals surface area contributed by atoms with E-state index in [0.717, 1.165) is 4.90 Å². The first kappa shape index (κ1) is 22.3. The summed E-state index contributed by atoms with van der Waals surface area (Å²) in [6, 6.07) is 9.99. The number of para-hydroxylation sites is 2. The first-order valence-electron chi connectivity index (χ1n) is 10.2. The molecule has 33 heavy (non-hydrogen) atoms. The summed E-state index contributed by atoms with van der Waals surface area (Å²) < 4.78 is 5.12. The predicted molar refractivity (Wildman–Crippen MR) is 114 cm³/mol. The number of amides is 2. The molecule has 0 bridgehead atoms. The van der Waals surface area contributed by atoms with Crippen molar-refractivity contribution in [3.63, 3.8) is 0 Å². The van der Waals surface area contributed by atoms with Crippen molar-refractivity contribution in [2.75, 3.05) is 12.0 Å². The molecule has 0 spiro atoms. The van der Waals surface area contributed by atoms with Crippen LogP contribution in [0, 0.1) is 18.8 Å². The molecule has 172 valence electrons. The third kappa shape index (κ3) is 3.21. The number of aromatic hydroxyl groups is 1. The van der Waals surface area contributed by atoms with Gasteiger partial charge < -0.3 is 20.1 Å². The number of nitrogens with zero attached hydrogens (tertiary/aromatic N) is 1. The standard InChI is InChI=1S/C23H22N2O8/c1-11-6-3-4-8-13(11)25-20(29)16-17(21(25)30)23(22(31)32,10-15(26)27)24-18(16)12-7-5-9-14(33-2)19(12)28/h3-9,16-18,24,28H,10H2,1-2H3,(H,26,27)(H,31,32). The summed E-state index contributed by atoms with van der Waals surface area (Å²) >= 11 is 0. The molecular weight excluding hydrogens is 432 g/mol. The van der Waals surface area contributed by atoms with Gasteiger partial charge in [-0.15, -0.1) is 0 Å². The smallest absolute Gasteiger partial charge is 0.325 e. The Hall–Kier alpha value is -3.92. The van der Waals surface area contributed by atoms with Gasteiger partial charge in [0.2, 0.25) is 11.8 Å². The summed E-state index contributed by atoms with van der Waals surface area (Å²) in [6.45, 7) is 1.70. The van der Waals surface area contributed by atoms with Crippen LogP contribution in [-0.2, 0) is 19.2 Å². The number of carbonyl (C=O) groups is 4. The van der Waals surface area contributed by atoms with Crippen molar-refractivity contribution in [2.45, 2.75) is 24.9 Å². The Balaban J connectivity index is 1.93. The maximum absolute atomic E-state index is 13.6. The predicted octanol–water partition coefficient (Wildman–Crippen LogP) is 1.46. The van der Waals surface area contributed by atoms with Crippen LogP contribution < -0.4 is 15.0 Å². The van der Waals surface area contributed by atoms with Crippen LogP contribution in [0.5, 0.6) is 11.5 Å². The number of ether oxygens (including phenoxy) is 1. The van der Waals surface area contributed by atoms with Crippen molar-refractivity contribution in [1.82, 2.24) is 5.32 Å². The normalized spacial score (nSPS) is 26.4. The summed E-state index contributed by atoms with van der Waals surface area (Å²) in [5.41, 5.74) is -1.22. The van der Waals surface area contributed by atoms with Gasteiger partial charge in [0, 0.05) is 11.6 Å². The number of benzene rings is 2. The van der Waals surface area contributed by atoms with Gasteiger partial charge in [-0.05, 0) is 24.6 Å². The zero-order valence-electron chi connectivity index (χ0n) is 17.8. The molecule has 2 saturated heterocycles. The second-order valence-corrected chi connectivity index (χ2v) is 8.17. The fraction of sp³-hybridized carbons (Fsp3) is 0.304. The molecule has 0 aromatic heterocycles. The molecule has 10 heteroatoms. The minimum atomic E-state index is -2.26. The summed E-state index contributed by atoms with van der Waals surface area (Å²) in [6.07, 6.45) is -0.939. The molecule has 0 aliphatic carbocycles. The number of phenols is 1. The lowest BCUT2D eigenvalue weighted by molar-refractivity contribution is -0.154. The highest BCUT2D eigenvalue weighted by Crippen LogP contribution is 2.53. The van der Waals surface area contributed by atoms with E-state index in [1.54, 1.807) is 37.3 Å². The van der Waals surface area contributed by atoms with Crippen LogP contribution in [0.25, 0.3) is 0 Å². The fourth-order valence-electron chi connectivity index (χ4n) is 4.95. The van der Waals surface area contributed by atoms with E-state index in [1.807, 2.05) is 0 Å².